The molecule has 1 atom stereocenters. The molecule has 208 valence electrons. The predicted molar refractivity (Wildman–Crippen MR) is 153 cm³/mol. The van der Waals surface area contributed by atoms with E-state index in [-0.39, 0.29) is 16.6 Å². The normalized spacial score (nSPS) is 12.1. The minimum atomic E-state index is -1.11. The van der Waals surface area contributed by atoms with E-state index in [4.69, 9.17) is 25.8 Å². The third kappa shape index (κ3) is 7.00. The molecule has 9 heteroatoms. The average Bonchev–Trinajstić information content (AvgIpc) is 2.89. The number of nitrogens with zero attached hydrogens (tertiary/aromatic N) is 2. The highest BCUT2D eigenvalue weighted by Gasteiger charge is 2.36. The maximum absolute atomic E-state index is 14.2. The summed E-state index contributed by atoms with van der Waals surface area (Å²) in [4.78, 5) is 33.7. The quantitative estimate of drug-likeness (QED) is 0.318. The van der Waals surface area contributed by atoms with Gasteiger partial charge in [0.25, 0.3) is 5.91 Å². The molecule has 3 aromatic rings. The van der Waals surface area contributed by atoms with Gasteiger partial charge in [-0.3, -0.25) is 14.5 Å². The molecule has 0 aliphatic carbocycles. The van der Waals surface area contributed by atoms with E-state index in [0.29, 0.717) is 34.4 Å². The van der Waals surface area contributed by atoms with Crippen LogP contribution in [-0.2, 0) is 4.79 Å². The van der Waals surface area contributed by atoms with Gasteiger partial charge in [0.05, 0.1) is 26.9 Å². The number of aromatic nitrogens is 1. The number of carbonyl (C=O) groups excluding carboxylic acids is 2. The van der Waals surface area contributed by atoms with Gasteiger partial charge in [-0.1, -0.05) is 37.6 Å². The van der Waals surface area contributed by atoms with Gasteiger partial charge in [0, 0.05) is 17.4 Å². The lowest BCUT2D eigenvalue weighted by Crippen LogP contribution is -2.49. The number of ether oxygens (including phenoxy) is 3. The van der Waals surface area contributed by atoms with Crippen molar-refractivity contribution in [1.82, 2.24) is 10.3 Å². The Morgan fingerprint density at radius 2 is 1.49 bits per heavy atom. The van der Waals surface area contributed by atoms with Crippen LogP contribution in [0.1, 0.15) is 68.1 Å². The van der Waals surface area contributed by atoms with Gasteiger partial charge in [0.15, 0.2) is 11.5 Å². The predicted octanol–water partition coefficient (Wildman–Crippen LogP) is 6.19. The molecule has 0 fully saturated rings. The summed E-state index contributed by atoms with van der Waals surface area (Å²) >= 11 is 6.00. The van der Waals surface area contributed by atoms with Crippen molar-refractivity contribution in [1.29, 1.82) is 0 Å². The van der Waals surface area contributed by atoms with Crippen molar-refractivity contribution in [2.45, 2.75) is 52.1 Å². The number of rotatable bonds is 9. The summed E-state index contributed by atoms with van der Waals surface area (Å²) in [5, 5.41) is 3.29. The first-order valence-corrected chi connectivity index (χ1v) is 12.9. The molecule has 39 heavy (non-hydrogen) atoms. The lowest BCUT2D eigenvalue weighted by molar-refractivity contribution is -0.123. The van der Waals surface area contributed by atoms with Crippen molar-refractivity contribution in [2.24, 2.45) is 0 Å². The van der Waals surface area contributed by atoms with Crippen molar-refractivity contribution in [2.75, 3.05) is 26.2 Å². The van der Waals surface area contributed by atoms with E-state index in [1.165, 1.54) is 32.4 Å². The van der Waals surface area contributed by atoms with E-state index in [2.05, 4.69) is 24.1 Å². The lowest BCUT2D eigenvalue weighted by Gasteiger charge is -2.34. The van der Waals surface area contributed by atoms with Crippen LogP contribution in [0.4, 0.5) is 5.69 Å². The number of anilines is 1. The topological polar surface area (TPSA) is 90.0 Å². The minimum absolute atomic E-state index is 0.256. The zero-order chi connectivity index (χ0) is 28.9. The second-order valence-corrected chi connectivity index (χ2v) is 10.8. The van der Waals surface area contributed by atoms with E-state index >= 15 is 0 Å². The van der Waals surface area contributed by atoms with Crippen molar-refractivity contribution in [3.63, 3.8) is 0 Å². The highest BCUT2D eigenvalue weighted by Crippen LogP contribution is 2.42. The molecular formula is C30H36ClN3O5. The van der Waals surface area contributed by atoms with Crippen LogP contribution in [0, 0.1) is 0 Å². The summed E-state index contributed by atoms with van der Waals surface area (Å²) in [6.45, 7) is 9.82. The smallest absolute Gasteiger partial charge is 0.260 e. The summed E-state index contributed by atoms with van der Waals surface area (Å²) in [6, 6.07) is 13.0. The summed E-state index contributed by atoms with van der Waals surface area (Å²) in [5.41, 5.74) is 1.79. The summed E-state index contributed by atoms with van der Waals surface area (Å²) < 4.78 is 16.6. The standard InChI is InChI=1S/C30H36ClN3O5/c1-18(2)19-9-12-22(13-10-19)34(29(36)20-11-14-25(31)32-17-20)26(28(35)33-30(3,4)5)21-15-23(37-6)27(39-8)24(16-21)38-7/h9-18,26H,1-8H3,(H,33,35). The van der Waals surface area contributed by atoms with Gasteiger partial charge >= 0.3 is 0 Å². The number of amides is 2. The molecule has 0 aliphatic rings. The van der Waals surface area contributed by atoms with Gasteiger partial charge in [-0.05, 0) is 74.2 Å². The van der Waals surface area contributed by atoms with E-state index in [0.717, 1.165) is 5.56 Å². The molecule has 1 heterocycles. The fraction of sp³-hybridized carbons (Fsp3) is 0.367. The van der Waals surface area contributed by atoms with Crippen LogP contribution in [0.15, 0.2) is 54.7 Å². The fourth-order valence-electron chi connectivity index (χ4n) is 4.16. The second-order valence-electron chi connectivity index (χ2n) is 10.4. The third-order valence-corrected chi connectivity index (χ3v) is 6.26. The third-order valence-electron chi connectivity index (χ3n) is 6.04. The molecule has 3 rings (SSSR count). The number of carbonyl (C=O) groups is 2. The Balaban J connectivity index is 2.32. The molecular weight excluding hydrogens is 518 g/mol. The van der Waals surface area contributed by atoms with Gasteiger partial charge in [0.2, 0.25) is 11.7 Å². The molecule has 0 aliphatic heterocycles. The number of hydrogen-bond acceptors (Lipinski definition) is 6. The van der Waals surface area contributed by atoms with Gasteiger partial charge in [-0.2, -0.15) is 0 Å². The largest absolute Gasteiger partial charge is 0.493 e. The van der Waals surface area contributed by atoms with Crippen molar-refractivity contribution < 1.29 is 23.8 Å². The minimum Gasteiger partial charge on any atom is -0.493 e. The Bertz CT molecular complexity index is 1280. The Labute approximate surface area is 235 Å². The molecule has 1 aromatic heterocycles. The molecule has 8 nitrogen and oxygen atoms in total. The van der Waals surface area contributed by atoms with Crippen LogP contribution in [0.5, 0.6) is 17.2 Å². The SMILES string of the molecule is COc1cc(C(C(=O)NC(C)(C)C)N(C(=O)c2ccc(Cl)nc2)c2ccc(C(C)C)cc2)cc(OC)c1OC. The van der Waals surface area contributed by atoms with Crippen LogP contribution in [0.2, 0.25) is 5.15 Å². The molecule has 1 unspecified atom stereocenters. The van der Waals surface area contributed by atoms with E-state index in [1.807, 2.05) is 45.0 Å². The van der Waals surface area contributed by atoms with Crippen LogP contribution in [0.3, 0.4) is 0 Å². The van der Waals surface area contributed by atoms with Gasteiger partial charge in [-0.15, -0.1) is 0 Å². The number of hydrogen-bond donors (Lipinski definition) is 1. The fourth-order valence-corrected chi connectivity index (χ4v) is 4.27. The Morgan fingerprint density at radius 1 is 0.897 bits per heavy atom. The summed E-state index contributed by atoms with van der Waals surface area (Å²) in [6.07, 6.45) is 1.40. The summed E-state index contributed by atoms with van der Waals surface area (Å²) in [5.74, 6) is 0.560. The Morgan fingerprint density at radius 3 is 1.92 bits per heavy atom. The number of methoxy groups -OCH3 is 3. The van der Waals surface area contributed by atoms with Crippen molar-refractivity contribution in [3.05, 3.63) is 76.6 Å². The number of halogens is 1. The first-order valence-electron chi connectivity index (χ1n) is 12.6. The van der Waals surface area contributed by atoms with Crippen LogP contribution in [0.25, 0.3) is 0 Å². The van der Waals surface area contributed by atoms with Crippen LogP contribution < -0.4 is 24.4 Å². The highest BCUT2D eigenvalue weighted by molar-refractivity contribution is 6.29. The number of nitrogens with one attached hydrogen (secondary N) is 1. The molecule has 0 spiro atoms. The molecule has 0 saturated carbocycles. The van der Waals surface area contributed by atoms with E-state index < -0.39 is 17.5 Å². The zero-order valence-corrected chi connectivity index (χ0v) is 24.4. The molecule has 2 aromatic carbocycles. The summed E-state index contributed by atoms with van der Waals surface area (Å²) in [7, 11) is 4.50. The zero-order valence-electron chi connectivity index (χ0n) is 23.7. The van der Waals surface area contributed by atoms with Crippen LogP contribution >= 0.6 is 11.6 Å². The first-order chi connectivity index (χ1) is 18.4. The lowest BCUT2D eigenvalue weighted by atomic mass is 9.98. The Hall–Kier alpha value is -3.78. The van der Waals surface area contributed by atoms with E-state index in [1.54, 1.807) is 24.3 Å². The maximum Gasteiger partial charge on any atom is 0.260 e. The number of benzene rings is 2. The molecule has 0 saturated heterocycles. The van der Waals surface area contributed by atoms with Crippen LogP contribution in [-0.4, -0.2) is 43.7 Å². The highest BCUT2D eigenvalue weighted by atomic mass is 35.5. The molecule has 0 radical (unpaired) electrons. The van der Waals surface area contributed by atoms with Crippen molar-refractivity contribution >= 4 is 29.1 Å². The second kappa shape index (κ2) is 12.4. The van der Waals surface area contributed by atoms with Gasteiger partial charge in [0.1, 0.15) is 11.2 Å². The van der Waals surface area contributed by atoms with Gasteiger partial charge < -0.3 is 19.5 Å². The molecule has 2 amide bonds. The molecule has 0 bridgehead atoms. The molecule has 1 N–H and O–H groups in total. The number of pyridine rings is 1. The maximum atomic E-state index is 14.2. The van der Waals surface area contributed by atoms with E-state index in [9.17, 15) is 9.59 Å². The first kappa shape index (κ1) is 29.8. The van der Waals surface area contributed by atoms with Crippen molar-refractivity contribution in [3.8, 4) is 17.2 Å². The Kier molecular flexibility index (Phi) is 9.45. The monoisotopic (exact) mass is 553 g/mol. The average molecular weight is 554 g/mol. The van der Waals surface area contributed by atoms with Gasteiger partial charge in [-0.25, -0.2) is 4.98 Å².